The van der Waals surface area contributed by atoms with Crippen LogP contribution in [-0.4, -0.2) is 31.5 Å². The van der Waals surface area contributed by atoms with Crippen LogP contribution in [0, 0.1) is 0 Å². The van der Waals surface area contributed by atoms with Gasteiger partial charge in [-0.1, -0.05) is 58.0 Å². The summed E-state index contributed by atoms with van der Waals surface area (Å²) in [4.78, 5) is 12.1. The molecule has 0 fully saturated rings. The van der Waals surface area contributed by atoms with Gasteiger partial charge in [-0.2, -0.15) is 0 Å². The van der Waals surface area contributed by atoms with Gasteiger partial charge in [-0.25, -0.2) is 0 Å². The molecule has 0 spiro atoms. The average molecular weight is 447 g/mol. The molecule has 0 atom stereocenters. The maximum absolute atomic E-state index is 12.1. The van der Waals surface area contributed by atoms with Gasteiger partial charge in [0.25, 0.3) is 0 Å². The standard InChI is InChI=1S/C19H19BrN4O2S/c1-2-24-18(15-10-14(20)8-9-16(15)25)22-23-19(24)27-12-17(26)21-11-13-6-4-3-5-7-13/h3-10,25H,2,11-12H2,1H3,(H,21,26). The summed E-state index contributed by atoms with van der Waals surface area (Å²) in [6, 6.07) is 14.9. The van der Waals surface area contributed by atoms with Crippen molar-refractivity contribution in [3.8, 4) is 17.1 Å². The first kappa shape index (κ1) is 19.4. The van der Waals surface area contributed by atoms with Crippen LogP contribution >= 0.6 is 27.7 Å². The number of carbonyl (C=O) groups is 1. The van der Waals surface area contributed by atoms with Gasteiger partial charge in [-0.15, -0.1) is 10.2 Å². The van der Waals surface area contributed by atoms with E-state index in [2.05, 4.69) is 31.4 Å². The number of phenolic OH excluding ortho intramolecular Hbond substituents is 1. The number of hydrogen-bond donors (Lipinski definition) is 2. The molecule has 27 heavy (non-hydrogen) atoms. The van der Waals surface area contributed by atoms with Gasteiger partial charge in [0, 0.05) is 17.6 Å². The fourth-order valence-corrected chi connectivity index (χ4v) is 3.74. The molecule has 1 aromatic heterocycles. The van der Waals surface area contributed by atoms with Crippen LogP contribution in [0.2, 0.25) is 0 Å². The molecular formula is C19H19BrN4O2S. The second kappa shape index (κ2) is 9.05. The lowest BCUT2D eigenvalue weighted by Crippen LogP contribution is -2.24. The molecule has 0 radical (unpaired) electrons. The van der Waals surface area contributed by atoms with E-state index in [1.54, 1.807) is 18.2 Å². The number of halogens is 1. The third kappa shape index (κ3) is 4.90. The van der Waals surface area contributed by atoms with Gasteiger partial charge in [0.05, 0.1) is 11.3 Å². The SMILES string of the molecule is CCn1c(SCC(=O)NCc2ccccc2)nnc1-c1cc(Br)ccc1O. The van der Waals surface area contributed by atoms with Crippen molar-refractivity contribution in [1.82, 2.24) is 20.1 Å². The van der Waals surface area contributed by atoms with Crippen LogP contribution in [0.25, 0.3) is 11.4 Å². The van der Waals surface area contributed by atoms with Crippen LogP contribution in [0.15, 0.2) is 58.2 Å². The molecule has 3 rings (SSSR count). The van der Waals surface area contributed by atoms with Gasteiger partial charge in [0.1, 0.15) is 5.75 Å². The Labute approximate surface area is 170 Å². The van der Waals surface area contributed by atoms with E-state index < -0.39 is 0 Å². The highest BCUT2D eigenvalue weighted by molar-refractivity contribution is 9.10. The van der Waals surface area contributed by atoms with Crippen molar-refractivity contribution in [1.29, 1.82) is 0 Å². The molecule has 140 valence electrons. The number of nitrogens with one attached hydrogen (secondary N) is 1. The van der Waals surface area contributed by atoms with Gasteiger partial charge in [-0.3, -0.25) is 4.79 Å². The number of phenols is 1. The van der Waals surface area contributed by atoms with Crippen molar-refractivity contribution in [3.05, 3.63) is 58.6 Å². The van der Waals surface area contributed by atoms with E-state index >= 15 is 0 Å². The van der Waals surface area contributed by atoms with Crippen LogP contribution in [0.5, 0.6) is 5.75 Å². The van der Waals surface area contributed by atoms with Gasteiger partial charge in [-0.05, 0) is 30.7 Å². The number of aromatic nitrogens is 3. The van der Waals surface area contributed by atoms with E-state index in [0.717, 1.165) is 10.0 Å². The Morgan fingerprint density at radius 2 is 2.00 bits per heavy atom. The van der Waals surface area contributed by atoms with E-state index in [9.17, 15) is 9.90 Å². The van der Waals surface area contributed by atoms with E-state index in [1.807, 2.05) is 41.8 Å². The summed E-state index contributed by atoms with van der Waals surface area (Å²) < 4.78 is 2.73. The van der Waals surface area contributed by atoms with Crippen LogP contribution < -0.4 is 5.32 Å². The topological polar surface area (TPSA) is 80.0 Å². The minimum Gasteiger partial charge on any atom is -0.507 e. The van der Waals surface area contributed by atoms with Crippen molar-refractivity contribution < 1.29 is 9.90 Å². The molecule has 0 unspecified atom stereocenters. The number of carbonyl (C=O) groups excluding carboxylic acids is 1. The summed E-state index contributed by atoms with van der Waals surface area (Å²) in [5.41, 5.74) is 1.65. The first-order valence-corrected chi connectivity index (χ1v) is 10.2. The smallest absolute Gasteiger partial charge is 0.230 e. The molecule has 0 aliphatic rings. The third-order valence-electron chi connectivity index (χ3n) is 3.90. The van der Waals surface area contributed by atoms with Crippen molar-refractivity contribution in [2.24, 2.45) is 0 Å². The molecule has 0 aliphatic heterocycles. The first-order valence-electron chi connectivity index (χ1n) is 8.44. The quantitative estimate of drug-likeness (QED) is 0.538. The maximum Gasteiger partial charge on any atom is 0.230 e. The molecule has 0 saturated heterocycles. The van der Waals surface area contributed by atoms with Crippen molar-refractivity contribution in [2.45, 2.75) is 25.2 Å². The molecular weight excluding hydrogens is 428 g/mol. The predicted molar refractivity (Wildman–Crippen MR) is 110 cm³/mol. The number of benzene rings is 2. The number of rotatable bonds is 7. The summed E-state index contributed by atoms with van der Waals surface area (Å²) >= 11 is 4.73. The van der Waals surface area contributed by atoms with Crippen molar-refractivity contribution >= 4 is 33.6 Å². The summed E-state index contributed by atoms with van der Waals surface area (Å²) in [6.07, 6.45) is 0. The monoisotopic (exact) mass is 446 g/mol. The molecule has 8 heteroatoms. The molecule has 1 heterocycles. The fourth-order valence-electron chi connectivity index (χ4n) is 2.54. The highest BCUT2D eigenvalue weighted by Crippen LogP contribution is 2.32. The lowest BCUT2D eigenvalue weighted by atomic mass is 10.2. The molecule has 0 aliphatic carbocycles. The van der Waals surface area contributed by atoms with E-state index in [0.29, 0.717) is 29.6 Å². The zero-order valence-corrected chi connectivity index (χ0v) is 17.1. The largest absolute Gasteiger partial charge is 0.507 e. The minimum atomic E-state index is -0.0682. The third-order valence-corrected chi connectivity index (χ3v) is 5.36. The Hall–Kier alpha value is -2.32. The summed E-state index contributed by atoms with van der Waals surface area (Å²) in [5, 5.41) is 22.1. The van der Waals surface area contributed by atoms with Crippen molar-refractivity contribution in [2.75, 3.05) is 5.75 Å². The van der Waals surface area contributed by atoms with Gasteiger partial charge in [0.15, 0.2) is 11.0 Å². The highest BCUT2D eigenvalue weighted by Gasteiger charge is 2.17. The molecule has 1 amide bonds. The van der Waals surface area contributed by atoms with E-state index in [-0.39, 0.29) is 17.4 Å². The zero-order valence-electron chi connectivity index (χ0n) is 14.7. The van der Waals surface area contributed by atoms with E-state index in [1.165, 1.54) is 11.8 Å². The van der Waals surface area contributed by atoms with Crippen LogP contribution in [0.4, 0.5) is 0 Å². The Morgan fingerprint density at radius 3 is 2.74 bits per heavy atom. The van der Waals surface area contributed by atoms with Crippen molar-refractivity contribution in [3.63, 3.8) is 0 Å². The molecule has 2 N–H and O–H groups in total. The zero-order chi connectivity index (χ0) is 19.2. The lowest BCUT2D eigenvalue weighted by molar-refractivity contribution is -0.118. The minimum absolute atomic E-state index is 0.0682. The van der Waals surface area contributed by atoms with Gasteiger partial charge < -0.3 is 15.0 Å². The molecule has 0 bridgehead atoms. The Bertz CT molecular complexity index is 931. The van der Waals surface area contributed by atoms with E-state index in [4.69, 9.17) is 0 Å². The predicted octanol–water partition coefficient (Wildman–Crippen LogP) is 3.84. The normalized spacial score (nSPS) is 10.7. The Kier molecular flexibility index (Phi) is 6.52. The summed E-state index contributed by atoms with van der Waals surface area (Å²) in [5.74, 6) is 0.886. The van der Waals surface area contributed by atoms with Crippen LogP contribution in [0.3, 0.4) is 0 Å². The molecule has 0 saturated carbocycles. The summed E-state index contributed by atoms with van der Waals surface area (Å²) in [6.45, 7) is 3.10. The van der Waals surface area contributed by atoms with Gasteiger partial charge in [0.2, 0.25) is 5.91 Å². The summed E-state index contributed by atoms with van der Waals surface area (Å²) in [7, 11) is 0. The van der Waals surface area contributed by atoms with Gasteiger partial charge >= 0.3 is 0 Å². The second-order valence-electron chi connectivity index (χ2n) is 5.76. The lowest BCUT2D eigenvalue weighted by Gasteiger charge is -2.09. The van der Waals surface area contributed by atoms with Crippen LogP contribution in [0.1, 0.15) is 12.5 Å². The maximum atomic E-state index is 12.1. The second-order valence-corrected chi connectivity index (χ2v) is 7.62. The number of thioether (sulfide) groups is 1. The molecule has 6 nitrogen and oxygen atoms in total. The Balaban J connectivity index is 1.66. The number of aromatic hydroxyl groups is 1. The molecule has 2 aromatic carbocycles. The number of amides is 1. The fraction of sp³-hybridized carbons (Fsp3) is 0.211. The highest BCUT2D eigenvalue weighted by atomic mass is 79.9. The van der Waals surface area contributed by atoms with Crippen LogP contribution in [-0.2, 0) is 17.9 Å². The number of hydrogen-bond acceptors (Lipinski definition) is 5. The average Bonchev–Trinajstić information content (AvgIpc) is 3.10. The molecule has 3 aromatic rings. The first-order chi connectivity index (χ1) is 13.1. The Morgan fingerprint density at radius 1 is 1.22 bits per heavy atom. The number of nitrogens with zero attached hydrogens (tertiary/aromatic N) is 3.